The summed E-state index contributed by atoms with van der Waals surface area (Å²) in [7, 11) is 2.14. The van der Waals surface area contributed by atoms with E-state index in [-0.39, 0.29) is 0 Å². The molecule has 0 spiro atoms. The maximum absolute atomic E-state index is 5.96. The van der Waals surface area contributed by atoms with Crippen molar-refractivity contribution in [3.05, 3.63) is 24.3 Å². The number of rotatable bonds is 4. The van der Waals surface area contributed by atoms with E-state index >= 15 is 0 Å². The third-order valence-electron chi connectivity index (χ3n) is 3.70. The van der Waals surface area contributed by atoms with Crippen molar-refractivity contribution < 1.29 is 0 Å². The Morgan fingerprint density at radius 1 is 1.25 bits per heavy atom. The fourth-order valence-electron chi connectivity index (χ4n) is 2.63. The molecule has 2 nitrogen and oxygen atoms in total. The standard InChI is InChI=1S/C14H22N2/c1-16(11-10-12-6-2-3-7-12)14-9-5-4-8-13(14)15/h4-5,8-9,12H,2-3,6-7,10-11,15H2,1H3. The summed E-state index contributed by atoms with van der Waals surface area (Å²) in [5.41, 5.74) is 8.02. The number of hydrogen-bond acceptors (Lipinski definition) is 2. The number of nitrogens with two attached hydrogens (primary N) is 1. The van der Waals surface area contributed by atoms with Gasteiger partial charge in [-0.2, -0.15) is 0 Å². The maximum Gasteiger partial charge on any atom is 0.0597 e. The highest BCUT2D eigenvalue weighted by atomic mass is 15.1. The molecule has 0 radical (unpaired) electrons. The molecule has 0 aromatic heterocycles. The van der Waals surface area contributed by atoms with Crippen LogP contribution in [0.25, 0.3) is 0 Å². The molecule has 0 saturated heterocycles. The quantitative estimate of drug-likeness (QED) is 0.786. The molecular formula is C14H22N2. The number of nitrogen functional groups attached to an aromatic ring is 1. The first kappa shape index (κ1) is 11.3. The van der Waals surface area contributed by atoms with Crippen LogP contribution in [0.1, 0.15) is 32.1 Å². The number of nitrogens with zero attached hydrogens (tertiary/aromatic N) is 1. The van der Waals surface area contributed by atoms with E-state index in [4.69, 9.17) is 5.73 Å². The molecule has 1 aliphatic rings. The summed E-state index contributed by atoms with van der Waals surface area (Å²) in [5.74, 6) is 0.951. The Kier molecular flexibility index (Phi) is 3.70. The zero-order valence-corrected chi connectivity index (χ0v) is 10.2. The predicted molar refractivity (Wildman–Crippen MR) is 70.7 cm³/mol. The highest BCUT2D eigenvalue weighted by molar-refractivity contribution is 5.66. The van der Waals surface area contributed by atoms with Gasteiger partial charge in [0.05, 0.1) is 11.4 Å². The normalized spacial score (nSPS) is 16.6. The zero-order valence-electron chi connectivity index (χ0n) is 10.2. The zero-order chi connectivity index (χ0) is 11.4. The summed E-state index contributed by atoms with van der Waals surface area (Å²) in [4.78, 5) is 2.29. The molecular weight excluding hydrogens is 196 g/mol. The Morgan fingerprint density at radius 3 is 2.62 bits per heavy atom. The van der Waals surface area contributed by atoms with Crippen LogP contribution in [0, 0.1) is 5.92 Å². The summed E-state index contributed by atoms with van der Waals surface area (Å²) >= 11 is 0. The molecule has 0 bridgehead atoms. The third kappa shape index (κ3) is 2.69. The van der Waals surface area contributed by atoms with Gasteiger partial charge < -0.3 is 10.6 Å². The van der Waals surface area contributed by atoms with Crippen LogP contribution < -0.4 is 10.6 Å². The highest BCUT2D eigenvalue weighted by Crippen LogP contribution is 2.29. The van der Waals surface area contributed by atoms with Crippen molar-refractivity contribution in [2.24, 2.45) is 5.92 Å². The number of anilines is 2. The van der Waals surface area contributed by atoms with Gasteiger partial charge in [-0.05, 0) is 24.5 Å². The number of para-hydroxylation sites is 2. The van der Waals surface area contributed by atoms with Crippen LogP contribution in [0.5, 0.6) is 0 Å². The Hall–Kier alpha value is -1.18. The van der Waals surface area contributed by atoms with Crippen molar-refractivity contribution in [1.82, 2.24) is 0 Å². The average Bonchev–Trinajstić information content (AvgIpc) is 2.79. The van der Waals surface area contributed by atoms with Crippen molar-refractivity contribution in [3.63, 3.8) is 0 Å². The Morgan fingerprint density at radius 2 is 1.94 bits per heavy atom. The first-order chi connectivity index (χ1) is 7.77. The molecule has 2 heteroatoms. The smallest absolute Gasteiger partial charge is 0.0597 e. The van der Waals surface area contributed by atoms with Crippen LogP contribution in [0.4, 0.5) is 11.4 Å². The van der Waals surface area contributed by atoms with Gasteiger partial charge in [0.15, 0.2) is 0 Å². The third-order valence-corrected chi connectivity index (χ3v) is 3.70. The molecule has 0 unspecified atom stereocenters. The Bertz CT molecular complexity index is 329. The van der Waals surface area contributed by atoms with Gasteiger partial charge in [0.25, 0.3) is 0 Å². The van der Waals surface area contributed by atoms with Gasteiger partial charge >= 0.3 is 0 Å². The fraction of sp³-hybridized carbons (Fsp3) is 0.571. The van der Waals surface area contributed by atoms with Crippen molar-refractivity contribution in [3.8, 4) is 0 Å². The molecule has 2 N–H and O–H groups in total. The molecule has 16 heavy (non-hydrogen) atoms. The van der Waals surface area contributed by atoms with E-state index in [1.807, 2.05) is 12.1 Å². The van der Waals surface area contributed by atoms with Gasteiger partial charge in [-0.25, -0.2) is 0 Å². The maximum atomic E-state index is 5.96. The lowest BCUT2D eigenvalue weighted by molar-refractivity contribution is 0.505. The second-order valence-corrected chi connectivity index (χ2v) is 4.92. The average molecular weight is 218 g/mol. The second-order valence-electron chi connectivity index (χ2n) is 4.92. The van der Waals surface area contributed by atoms with Crippen molar-refractivity contribution in [2.45, 2.75) is 32.1 Å². The monoisotopic (exact) mass is 218 g/mol. The molecule has 1 aromatic rings. The lowest BCUT2D eigenvalue weighted by Crippen LogP contribution is -2.21. The summed E-state index contributed by atoms with van der Waals surface area (Å²) in [6.07, 6.45) is 7.03. The number of benzene rings is 1. The SMILES string of the molecule is CN(CCC1CCCC1)c1ccccc1N. The number of hydrogen-bond donors (Lipinski definition) is 1. The Labute approximate surface area is 98.4 Å². The van der Waals surface area contributed by atoms with Crippen LogP contribution in [-0.2, 0) is 0 Å². The van der Waals surface area contributed by atoms with Gasteiger partial charge in [0.2, 0.25) is 0 Å². The molecule has 0 atom stereocenters. The summed E-state index contributed by atoms with van der Waals surface area (Å²) < 4.78 is 0. The first-order valence-electron chi connectivity index (χ1n) is 6.33. The van der Waals surface area contributed by atoms with E-state index in [0.29, 0.717) is 0 Å². The van der Waals surface area contributed by atoms with Crippen LogP contribution in [-0.4, -0.2) is 13.6 Å². The van der Waals surface area contributed by atoms with Crippen LogP contribution in [0.15, 0.2) is 24.3 Å². The molecule has 1 aromatic carbocycles. The Balaban J connectivity index is 1.87. The lowest BCUT2D eigenvalue weighted by Gasteiger charge is -2.22. The second kappa shape index (κ2) is 5.24. The van der Waals surface area contributed by atoms with E-state index < -0.39 is 0 Å². The van der Waals surface area contributed by atoms with E-state index in [9.17, 15) is 0 Å². The van der Waals surface area contributed by atoms with E-state index in [1.54, 1.807) is 0 Å². The molecule has 2 rings (SSSR count). The summed E-state index contributed by atoms with van der Waals surface area (Å²) in [6.45, 7) is 1.12. The molecule has 0 aliphatic heterocycles. The van der Waals surface area contributed by atoms with Crippen LogP contribution >= 0.6 is 0 Å². The summed E-state index contributed by atoms with van der Waals surface area (Å²) in [6, 6.07) is 8.12. The predicted octanol–water partition coefficient (Wildman–Crippen LogP) is 3.29. The fourth-order valence-corrected chi connectivity index (χ4v) is 2.63. The van der Waals surface area contributed by atoms with Gasteiger partial charge in [0.1, 0.15) is 0 Å². The highest BCUT2D eigenvalue weighted by Gasteiger charge is 2.15. The molecule has 1 fully saturated rings. The van der Waals surface area contributed by atoms with E-state index in [0.717, 1.165) is 18.2 Å². The molecule has 0 amide bonds. The molecule has 1 aliphatic carbocycles. The molecule has 0 heterocycles. The minimum Gasteiger partial charge on any atom is -0.397 e. The van der Waals surface area contributed by atoms with Crippen LogP contribution in [0.3, 0.4) is 0 Å². The van der Waals surface area contributed by atoms with Crippen molar-refractivity contribution in [1.29, 1.82) is 0 Å². The molecule has 1 saturated carbocycles. The van der Waals surface area contributed by atoms with Gasteiger partial charge in [-0.3, -0.25) is 0 Å². The first-order valence-corrected chi connectivity index (χ1v) is 6.33. The van der Waals surface area contributed by atoms with Gasteiger partial charge in [-0.1, -0.05) is 37.8 Å². The minimum absolute atomic E-state index is 0.886. The topological polar surface area (TPSA) is 29.3 Å². The largest absolute Gasteiger partial charge is 0.397 e. The van der Waals surface area contributed by atoms with Gasteiger partial charge in [0, 0.05) is 13.6 Å². The van der Waals surface area contributed by atoms with E-state index in [2.05, 4.69) is 24.1 Å². The minimum atomic E-state index is 0.886. The molecule has 88 valence electrons. The van der Waals surface area contributed by atoms with E-state index in [1.165, 1.54) is 37.8 Å². The van der Waals surface area contributed by atoms with Crippen molar-refractivity contribution in [2.75, 3.05) is 24.2 Å². The van der Waals surface area contributed by atoms with Gasteiger partial charge in [-0.15, -0.1) is 0 Å². The van der Waals surface area contributed by atoms with Crippen LogP contribution in [0.2, 0.25) is 0 Å². The summed E-state index contributed by atoms with van der Waals surface area (Å²) in [5, 5.41) is 0. The lowest BCUT2D eigenvalue weighted by atomic mass is 10.0. The van der Waals surface area contributed by atoms with Crippen molar-refractivity contribution >= 4 is 11.4 Å².